The zero-order valence-corrected chi connectivity index (χ0v) is 19.4. The Morgan fingerprint density at radius 2 is 1.85 bits per heavy atom. The Balaban J connectivity index is 1.99. The van der Waals surface area contributed by atoms with Gasteiger partial charge in [0.25, 0.3) is 5.56 Å². The Morgan fingerprint density at radius 1 is 1.18 bits per heavy atom. The highest BCUT2D eigenvalue weighted by molar-refractivity contribution is 5.80. The van der Waals surface area contributed by atoms with Gasteiger partial charge in [-0.15, -0.1) is 0 Å². The summed E-state index contributed by atoms with van der Waals surface area (Å²) in [5, 5.41) is 9.17. The second-order valence-corrected chi connectivity index (χ2v) is 8.58. The van der Waals surface area contributed by atoms with Crippen LogP contribution < -0.4 is 16.2 Å². The minimum atomic E-state index is -0.628. The smallest absolute Gasteiger partial charge is 0.294 e. The third-order valence-electron chi connectivity index (χ3n) is 6.19. The number of nitriles is 1. The molecule has 0 bridgehead atoms. The number of benzene rings is 2. The van der Waals surface area contributed by atoms with E-state index in [1.165, 1.54) is 12.1 Å². The van der Waals surface area contributed by atoms with Crippen LogP contribution in [0.3, 0.4) is 0 Å². The van der Waals surface area contributed by atoms with Crippen LogP contribution in [-0.4, -0.2) is 42.4 Å². The van der Waals surface area contributed by atoms with Crippen molar-refractivity contribution in [3.05, 3.63) is 69.8 Å². The second kappa shape index (κ2) is 10.2. The molecule has 0 unspecified atom stereocenters. The van der Waals surface area contributed by atoms with Gasteiger partial charge in [-0.3, -0.25) is 4.79 Å². The van der Waals surface area contributed by atoms with E-state index >= 15 is 0 Å². The Kier molecular flexibility index (Phi) is 7.06. The van der Waals surface area contributed by atoms with E-state index in [4.69, 9.17) is 20.7 Å². The highest BCUT2D eigenvalue weighted by atomic mass is 19.1. The predicted octanol–water partition coefficient (Wildman–Crippen LogP) is 3.47. The molecule has 1 aliphatic heterocycles. The van der Waals surface area contributed by atoms with Crippen LogP contribution in [0, 0.1) is 24.1 Å². The Morgan fingerprint density at radius 3 is 2.47 bits per heavy atom. The average molecular weight is 462 g/mol. The van der Waals surface area contributed by atoms with Gasteiger partial charge in [-0.05, 0) is 31.9 Å². The molecular formula is C26H28FN5O2. The van der Waals surface area contributed by atoms with Crippen molar-refractivity contribution >= 4 is 5.82 Å². The summed E-state index contributed by atoms with van der Waals surface area (Å²) in [6, 6.07) is 14.2. The summed E-state index contributed by atoms with van der Waals surface area (Å²) in [6.45, 7) is 3.88. The molecule has 176 valence electrons. The topological polar surface area (TPSA) is 97.2 Å². The molecule has 0 amide bonds. The van der Waals surface area contributed by atoms with Crippen molar-refractivity contribution in [1.82, 2.24) is 9.55 Å². The molecule has 1 aromatic heterocycles. The van der Waals surface area contributed by atoms with Gasteiger partial charge >= 0.3 is 0 Å². The summed E-state index contributed by atoms with van der Waals surface area (Å²) in [6.07, 6.45) is 1.53. The number of nitrogens with zero attached hydrogens (tertiary/aromatic N) is 4. The number of piperidine rings is 1. The quantitative estimate of drug-likeness (QED) is 0.604. The minimum absolute atomic E-state index is 0.0430. The molecule has 0 radical (unpaired) electrons. The van der Waals surface area contributed by atoms with Crippen LogP contribution in [0.15, 0.2) is 47.3 Å². The monoisotopic (exact) mass is 461 g/mol. The Hall–Kier alpha value is -3.54. The summed E-state index contributed by atoms with van der Waals surface area (Å²) in [7, 11) is 1.58. The fourth-order valence-corrected chi connectivity index (χ4v) is 4.23. The van der Waals surface area contributed by atoms with E-state index in [0.717, 1.165) is 24.0 Å². The first kappa shape index (κ1) is 23.6. The maximum Gasteiger partial charge on any atom is 0.294 e. The van der Waals surface area contributed by atoms with Gasteiger partial charge < -0.3 is 19.9 Å². The Labute approximate surface area is 198 Å². The van der Waals surface area contributed by atoms with Gasteiger partial charge in [0.05, 0.1) is 23.6 Å². The average Bonchev–Trinajstić information content (AvgIpc) is 2.84. The fraction of sp³-hybridized carbons (Fsp3) is 0.346. The Bertz CT molecular complexity index is 1270. The van der Waals surface area contributed by atoms with Gasteiger partial charge in [0.1, 0.15) is 11.9 Å². The zero-order chi connectivity index (χ0) is 24.2. The number of hydrogen-bond acceptors (Lipinski definition) is 6. The predicted molar refractivity (Wildman–Crippen MR) is 130 cm³/mol. The van der Waals surface area contributed by atoms with Crippen LogP contribution in [0.1, 0.15) is 24.0 Å². The number of aromatic nitrogens is 2. The van der Waals surface area contributed by atoms with Gasteiger partial charge in [-0.2, -0.15) is 5.26 Å². The molecule has 3 aromatic rings. The lowest BCUT2D eigenvalue weighted by molar-refractivity contribution is 0.186. The second-order valence-electron chi connectivity index (χ2n) is 8.58. The highest BCUT2D eigenvalue weighted by Gasteiger charge is 2.25. The highest BCUT2D eigenvalue weighted by Crippen LogP contribution is 2.33. The van der Waals surface area contributed by atoms with Crippen molar-refractivity contribution in [2.45, 2.75) is 32.4 Å². The number of methoxy groups -OCH3 is 1. The van der Waals surface area contributed by atoms with Gasteiger partial charge in [-0.1, -0.05) is 35.9 Å². The summed E-state index contributed by atoms with van der Waals surface area (Å²) in [5.41, 5.74) is 9.24. The van der Waals surface area contributed by atoms with Crippen molar-refractivity contribution in [2.75, 3.05) is 31.7 Å². The van der Waals surface area contributed by atoms with E-state index < -0.39 is 5.82 Å². The van der Waals surface area contributed by atoms with E-state index in [9.17, 15) is 9.18 Å². The standard InChI is InChI=1S/C26H28FN5O2/c1-17-3-5-18(6-4-17)24-23(19-7-8-20(16-28)22(27)15-19)30-25(26(33)32(24)13-14-34-2)31-11-9-21(29)10-12-31/h3-8,15,21H,9-14,29H2,1-2H3. The van der Waals surface area contributed by atoms with Crippen molar-refractivity contribution in [1.29, 1.82) is 5.26 Å². The number of nitrogens with two attached hydrogens (primary N) is 1. The van der Waals surface area contributed by atoms with E-state index in [1.54, 1.807) is 17.7 Å². The van der Waals surface area contributed by atoms with Crippen LogP contribution in [-0.2, 0) is 11.3 Å². The summed E-state index contributed by atoms with van der Waals surface area (Å²) in [5.74, 6) is -0.310. The molecule has 0 saturated carbocycles. The first-order valence-electron chi connectivity index (χ1n) is 11.3. The molecule has 1 aliphatic rings. The van der Waals surface area contributed by atoms with Crippen molar-refractivity contribution in [2.24, 2.45) is 5.73 Å². The molecule has 2 N–H and O–H groups in total. The summed E-state index contributed by atoms with van der Waals surface area (Å²) in [4.78, 5) is 20.5. The first-order valence-corrected chi connectivity index (χ1v) is 11.3. The van der Waals surface area contributed by atoms with Crippen molar-refractivity contribution in [3.8, 4) is 28.6 Å². The van der Waals surface area contributed by atoms with Gasteiger partial charge in [0, 0.05) is 43.9 Å². The van der Waals surface area contributed by atoms with Crippen LogP contribution >= 0.6 is 0 Å². The number of halogens is 1. The van der Waals surface area contributed by atoms with Crippen LogP contribution in [0.2, 0.25) is 0 Å². The molecule has 34 heavy (non-hydrogen) atoms. The zero-order valence-electron chi connectivity index (χ0n) is 19.4. The molecule has 0 atom stereocenters. The maximum atomic E-state index is 14.6. The number of hydrogen-bond donors (Lipinski definition) is 1. The number of rotatable bonds is 6. The third kappa shape index (κ3) is 4.72. The minimum Gasteiger partial charge on any atom is -0.383 e. The van der Waals surface area contributed by atoms with E-state index in [-0.39, 0.29) is 17.2 Å². The SMILES string of the molecule is COCCn1c(-c2ccc(C)cc2)c(-c2ccc(C#N)c(F)c2)nc(N2CCC(N)CC2)c1=O. The molecule has 0 spiro atoms. The number of ether oxygens (including phenoxy) is 1. The molecule has 1 fully saturated rings. The molecular weight excluding hydrogens is 433 g/mol. The van der Waals surface area contributed by atoms with Gasteiger partial charge in [0.15, 0.2) is 5.82 Å². The summed E-state index contributed by atoms with van der Waals surface area (Å²) >= 11 is 0. The maximum absolute atomic E-state index is 14.6. The lowest BCUT2D eigenvalue weighted by atomic mass is 10.0. The van der Waals surface area contributed by atoms with Crippen LogP contribution in [0.4, 0.5) is 10.2 Å². The van der Waals surface area contributed by atoms with Gasteiger partial charge in [0.2, 0.25) is 0 Å². The largest absolute Gasteiger partial charge is 0.383 e. The van der Waals surface area contributed by atoms with E-state index in [0.29, 0.717) is 49.0 Å². The first-order chi connectivity index (χ1) is 16.4. The molecule has 2 aromatic carbocycles. The number of aryl methyl sites for hydroxylation is 1. The lowest BCUT2D eigenvalue weighted by Crippen LogP contribution is -2.43. The molecule has 2 heterocycles. The third-order valence-corrected chi connectivity index (χ3v) is 6.19. The normalized spacial score (nSPS) is 14.3. The van der Waals surface area contributed by atoms with Gasteiger partial charge in [-0.25, -0.2) is 9.37 Å². The summed E-state index contributed by atoms with van der Waals surface area (Å²) < 4.78 is 21.6. The number of anilines is 1. The van der Waals surface area contributed by atoms with E-state index in [2.05, 4.69) is 0 Å². The molecule has 4 rings (SSSR count). The molecule has 0 aliphatic carbocycles. The molecule has 7 nitrogen and oxygen atoms in total. The van der Waals surface area contributed by atoms with E-state index in [1.807, 2.05) is 42.2 Å². The molecule has 8 heteroatoms. The molecule has 1 saturated heterocycles. The fourth-order valence-electron chi connectivity index (χ4n) is 4.23. The van der Waals surface area contributed by atoms with Crippen molar-refractivity contribution < 1.29 is 9.13 Å². The van der Waals surface area contributed by atoms with Crippen LogP contribution in [0.5, 0.6) is 0 Å². The van der Waals surface area contributed by atoms with Crippen molar-refractivity contribution in [3.63, 3.8) is 0 Å². The lowest BCUT2D eigenvalue weighted by Gasteiger charge is -2.31. The van der Waals surface area contributed by atoms with Crippen LogP contribution in [0.25, 0.3) is 22.5 Å².